The topological polar surface area (TPSA) is 66.6 Å². The van der Waals surface area contributed by atoms with E-state index in [0.29, 0.717) is 6.42 Å². The van der Waals surface area contributed by atoms with Crippen molar-refractivity contribution in [3.63, 3.8) is 0 Å². The molecule has 1 fully saturated rings. The Labute approximate surface area is 85.1 Å². The van der Waals surface area contributed by atoms with E-state index in [1.807, 2.05) is 6.92 Å². The molecule has 82 valence electrons. The van der Waals surface area contributed by atoms with Gasteiger partial charge in [-0.1, -0.05) is 6.92 Å². The van der Waals surface area contributed by atoms with Gasteiger partial charge in [0.1, 0.15) is 0 Å². The number of hydrogen-bond acceptors (Lipinski definition) is 3. The fourth-order valence-electron chi connectivity index (χ4n) is 1.84. The summed E-state index contributed by atoms with van der Waals surface area (Å²) in [6, 6.07) is -0.00556. The smallest absolute Gasteiger partial charge is 0.224 e. The molecule has 1 unspecified atom stereocenters. The molecule has 1 aliphatic rings. The Kier molecular flexibility index (Phi) is 4.35. The van der Waals surface area contributed by atoms with Crippen LogP contribution >= 0.6 is 0 Å². The monoisotopic (exact) mass is 200 g/mol. The number of amides is 1. The zero-order chi connectivity index (χ0) is 10.6. The van der Waals surface area contributed by atoms with Crippen molar-refractivity contribution in [1.82, 2.24) is 4.90 Å². The number of likely N-dealkylation sites (tertiary alicyclic amines) is 1. The van der Waals surface area contributed by atoms with Gasteiger partial charge in [0, 0.05) is 19.0 Å². The van der Waals surface area contributed by atoms with Gasteiger partial charge in [-0.2, -0.15) is 0 Å². The third-order valence-corrected chi connectivity index (χ3v) is 2.87. The minimum atomic E-state index is -0.0394. The van der Waals surface area contributed by atoms with Gasteiger partial charge in [-0.25, -0.2) is 0 Å². The average Bonchev–Trinajstić information content (AvgIpc) is 2.65. The van der Waals surface area contributed by atoms with E-state index in [0.717, 1.165) is 25.8 Å². The summed E-state index contributed by atoms with van der Waals surface area (Å²) in [5, 5.41) is 9.05. The van der Waals surface area contributed by atoms with Crippen LogP contribution in [0, 0.1) is 0 Å². The van der Waals surface area contributed by atoms with Gasteiger partial charge in [-0.15, -0.1) is 0 Å². The van der Waals surface area contributed by atoms with Gasteiger partial charge in [0.2, 0.25) is 5.91 Å². The molecule has 0 bridgehead atoms. The number of hydrogen-bond donors (Lipinski definition) is 2. The normalized spacial score (nSPS) is 23.9. The van der Waals surface area contributed by atoms with Crippen molar-refractivity contribution in [2.45, 2.75) is 44.7 Å². The number of rotatable bonds is 4. The quantitative estimate of drug-likeness (QED) is 0.676. The SMILES string of the molecule is CCC(N)CC(=O)N1CCC[C@H]1CO. The van der Waals surface area contributed by atoms with Crippen LogP contribution in [0.3, 0.4) is 0 Å². The van der Waals surface area contributed by atoms with Gasteiger partial charge in [0.15, 0.2) is 0 Å². The fourth-order valence-corrected chi connectivity index (χ4v) is 1.84. The van der Waals surface area contributed by atoms with E-state index >= 15 is 0 Å². The van der Waals surface area contributed by atoms with Gasteiger partial charge < -0.3 is 15.7 Å². The number of carbonyl (C=O) groups excluding carboxylic acids is 1. The summed E-state index contributed by atoms with van der Waals surface area (Å²) in [4.78, 5) is 13.5. The van der Waals surface area contributed by atoms with E-state index in [9.17, 15) is 4.79 Å². The van der Waals surface area contributed by atoms with Crippen molar-refractivity contribution < 1.29 is 9.90 Å². The number of aliphatic hydroxyl groups is 1. The van der Waals surface area contributed by atoms with Gasteiger partial charge in [-0.05, 0) is 19.3 Å². The summed E-state index contributed by atoms with van der Waals surface area (Å²) >= 11 is 0. The van der Waals surface area contributed by atoms with E-state index in [1.54, 1.807) is 4.90 Å². The Morgan fingerprint density at radius 3 is 3.00 bits per heavy atom. The zero-order valence-corrected chi connectivity index (χ0v) is 8.78. The summed E-state index contributed by atoms with van der Waals surface area (Å²) in [6.45, 7) is 2.83. The second-order valence-electron chi connectivity index (χ2n) is 3.94. The van der Waals surface area contributed by atoms with E-state index < -0.39 is 0 Å². The third-order valence-electron chi connectivity index (χ3n) is 2.87. The van der Waals surface area contributed by atoms with Crippen LogP contribution in [0.1, 0.15) is 32.6 Å². The van der Waals surface area contributed by atoms with Crippen LogP contribution < -0.4 is 5.73 Å². The summed E-state index contributed by atoms with van der Waals surface area (Å²) in [6.07, 6.45) is 3.15. The van der Waals surface area contributed by atoms with E-state index in [1.165, 1.54) is 0 Å². The lowest BCUT2D eigenvalue weighted by atomic mass is 10.1. The van der Waals surface area contributed by atoms with Crippen molar-refractivity contribution in [3.05, 3.63) is 0 Å². The number of nitrogens with zero attached hydrogens (tertiary/aromatic N) is 1. The molecule has 0 aliphatic carbocycles. The molecule has 3 N–H and O–H groups in total. The minimum Gasteiger partial charge on any atom is -0.394 e. The molecule has 1 heterocycles. The molecule has 1 amide bonds. The Balaban J connectivity index is 2.43. The average molecular weight is 200 g/mol. The van der Waals surface area contributed by atoms with E-state index in [4.69, 9.17) is 10.8 Å². The minimum absolute atomic E-state index is 0.0338. The van der Waals surface area contributed by atoms with Crippen LogP contribution in [-0.4, -0.2) is 41.1 Å². The molecule has 14 heavy (non-hydrogen) atoms. The highest BCUT2D eigenvalue weighted by atomic mass is 16.3. The molecule has 0 radical (unpaired) electrons. The number of carbonyl (C=O) groups is 1. The third kappa shape index (κ3) is 2.69. The summed E-state index contributed by atoms with van der Waals surface area (Å²) in [5.41, 5.74) is 5.72. The van der Waals surface area contributed by atoms with Crippen molar-refractivity contribution in [1.29, 1.82) is 0 Å². The molecule has 1 rings (SSSR count). The Morgan fingerprint density at radius 2 is 2.43 bits per heavy atom. The van der Waals surface area contributed by atoms with Crippen molar-refractivity contribution in [3.8, 4) is 0 Å². The predicted molar refractivity (Wildman–Crippen MR) is 54.7 cm³/mol. The van der Waals surface area contributed by atoms with Gasteiger partial charge in [-0.3, -0.25) is 4.79 Å². The van der Waals surface area contributed by atoms with Crippen molar-refractivity contribution >= 4 is 5.91 Å². The predicted octanol–water partition coefficient (Wildman–Crippen LogP) is 0.0971. The Bertz CT molecular complexity index is 197. The molecule has 0 saturated carbocycles. The van der Waals surface area contributed by atoms with Crippen molar-refractivity contribution in [2.75, 3.05) is 13.2 Å². The van der Waals surface area contributed by atoms with Gasteiger partial charge in [0.25, 0.3) is 0 Å². The molecular formula is C10H20N2O2. The van der Waals surface area contributed by atoms with Gasteiger partial charge >= 0.3 is 0 Å². The molecule has 0 aromatic rings. The molecule has 2 atom stereocenters. The first-order valence-electron chi connectivity index (χ1n) is 5.35. The van der Waals surface area contributed by atoms with Crippen LogP contribution in [0.5, 0.6) is 0 Å². The lowest BCUT2D eigenvalue weighted by Crippen LogP contribution is -2.40. The van der Waals surface area contributed by atoms with Gasteiger partial charge in [0.05, 0.1) is 12.6 Å². The molecule has 4 nitrogen and oxygen atoms in total. The maximum absolute atomic E-state index is 11.7. The Morgan fingerprint density at radius 1 is 1.71 bits per heavy atom. The summed E-state index contributed by atoms with van der Waals surface area (Å²) in [5.74, 6) is 0.0934. The number of aliphatic hydroxyl groups excluding tert-OH is 1. The Hall–Kier alpha value is -0.610. The van der Waals surface area contributed by atoms with Crippen LogP contribution in [0.15, 0.2) is 0 Å². The highest BCUT2D eigenvalue weighted by Gasteiger charge is 2.28. The summed E-state index contributed by atoms with van der Waals surface area (Å²) in [7, 11) is 0. The second kappa shape index (κ2) is 5.32. The zero-order valence-electron chi connectivity index (χ0n) is 8.78. The molecule has 1 saturated heterocycles. The molecule has 4 heteroatoms. The summed E-state index contributed by atoms with van der Waals surface area (Å²) < 4.78 is 0. The molecule has 1 aliphatic heterocycles. The fraction of sp³-hybridized carbons (Fsp3) is 0.900. The number of nitrogens with two attached hydrogens (primary N) is 1. The molecule has 0 aromatic carbocycles. The maximum Gasteiger partial charge on any atom is 0.224 e. The first-order chi connectivity index (χ1) is 6.69. The largest absolute Gasteiger partial charge is 0.394 e. The molecule has 0 aromatic heterocycles. The van der Waals surface area contributed by atoms with Crippen LogP contribution in [-0.2, 0) is 4.79 Å². The van der Waals surface area contributed by atoms with Crippen LogP contribution in [0.4, 0.5) is 0 Å². The lowest BCUT2D eigenvalue weighted by Gasteiger charge is -2.24. The van der Waals surface area contributed by atoms with E-state index in [2.05, 4.69) is 0 Å². The highest BCUT2D eigenvalue weighted by Crippen LogP contribution is 2.18. The maximum atomic E-state index is 11.7. The standard InChI is InChI=1S/C10H20N2O2/c1-2-8(11)6-10(14)12-5-3-4-9(12)7-13/h8-9,13H,2-7,11H2,1H3/t8?,9-/m0/s1. The van der Waals surface area contributed by atoms with Crippen LogP contribution in [0.25, 0.3) is 0 Å². The first-order valence-corrected chi connectivity index (χ1v) is 5.35. The highest BCUT2D eigenvalue weighted by molar-refractivity contribution is 5.77. The first kappa shape index (κ1) is 11.5. The van der Waals surface area contributed by atoms with Crippen molar-refractivity contribution in [2.24, 2.45) is 5.73 Å². The molecule has 0 spiro atoms. The van der Waals surface area contributed by atoms with E-state index in [-0.39, 0.29) is 24.6 Å². The van der Waals surface area contributed by atoms with Crippen LogP contribution in [0.2, 0.25) is 0 Å². The second-order valence-corrected chi connectivity index (χ2v) is 3.94. The lowest BCUT2D eigenvalue weighted by molar-refractivity contribution is -0.133. The molecular weight excluding hydrogens is 180 g/mol.